The molecule has 1 aliphatic rings. The molecule has 2 heterocycles. The molecule has 1 unspecified atom stereocenters. The first kappa shape index (κ1) is 11.7. The summed E-state index contributed by atoms with van der Waals surface area (Å²) >= 11 is 1.81. The molecule has 1 atom stereocenters. The van der Waals surface area contributed by atoms with Gasteiger partial charge in [-0.15, -0.1) is 17.8 Å². The summed E-state index contributed by atoms with van der Waals surface area (Å²) in [6.45, 7) is 1.84. The van der Waals surface area contributed by atoms with E-state index < -0.39 is 0 Å². The van der Waals surface area contributed by atoms with Gasteiger partial charge in [-0.3, -0.25) is 4.90 Å². The highest BCUT2D eigenvalue weighted by Gasteiger charge is 2.25. The summed E-state index contributed by atoms with van der Waals surface area (Å²) in [7, 11) is 0. The first-order chi connectivity index (χ1) is 8.88. The average molecular weight is 256 g/mol. The lowest BCUT2D eigenvalue weighted by Crippen LogP contribution is -2.33. The molecule has 0 radical (unpaired) electrons. The Labute approximate surface area is 112 Å². The van der Waals surface area contributed by atoms with Crippen molar-refractivity contribution in [3.05, 3.63) is 29.3 Å². The van der Waals surface area contributed by atoms with E-state index in [-0.39, 0.29) is 0 Å². The molecule has 0 bridgehead atoms. The normalized spacial score (nSPS) is 20.9. The van der Waals surface area contributed by atoms with Crippen molar-refractivity contribution in [2.75, 3.05) is 13.1 Å². The van der Waals surface area contributed by atoms with Gasteiger partial charge in [0.05, 0.1) is 22.8 Å². The standard InChI is InChI=1S/C15H16N2S/c1-2-10-17-11-6-5-8-13(17)15-16-12-7-3-4-9-14(12)18-15/h1,3-4,7,9,13H,5-6,8,10-11H2. The molecule has 1 aromatic heterocycles. The third-order valence-corrected chi connectivity index (χ3v) is 4.64. The largest absolute Gasteiger partial charge is 0.283 e. The minimum Gasteiger partial charge on any atom is -0.283 e. The van der Waals surface area contributed by atoms with E-state index in [1.54, 1.807) is 0 Å². The third kappa shape index (κ3) is 2.14. The number of aromatic nitrogens is 1. The number of hydrogen-bond donors (Lipinski definition) is 0. The SMILES string of the molecule is C#CCN1CCCCC1c1nc2ccccc2s1. The molecule has 18 heavy (non-hydrogen) atoms. The second kappa shape index (κ2) is 5.09. The van der Waals surface area contributed by atoms with Gasteiger partial charge in [-0.1, -0.05) is 24.5 Å². The van der Waals surface area contributed by atoms with E-state index in [2.05, 4.69) is 29.0 Å². The van der Waals surface area contributed by atoms with Gasteiger partial charge >= 0.3 is 0 Å². The van der Waals surface area contributed by atoms with Crippen molar-refractivity contribution in [1.82, 2.24) is 9.88 Å². The van der Waals surface area contributed by atoms with Gasteiger partial charge in [0.15, 0.2) is 0 Å². The molecule has 0 amide bonds. The predicted molar refractivity (Wildman–Crippen MR) is 76.6 cm³/mol. The minimum absolute atomic E-state index is 0.423. The second-order valence-corrected chi connectivity index (χ2v) is 5.77. The number of para-hydroxylation sites is 1. The van der Waals surface area contributed by atoms with Crippen molar-refractivity contribution in [2.24, 2.45) is 0 Å². The van der Waals surface area contributed by atoms with E-state index >= 15 is 0 Å². The lowest BCUT2D eigenvalue weighted by atomic mass is 10.0. The van der Waals surface area contributed by atoms with Gasteiger partial charge in [0.2, 0.25) is 0 Å². The topological polar surface area (TPSA) is 16.1 Å². The summed E-state index contributed by atoms with van der Waals surface area (Å²) in [5.41, 5.74) is 1.11. The van der Waals surface area contributed by atoms with Gasteiger partial charge in [0.25, 0.3) is 0 Å². The highest BCUT2D eigenvalue weighted by Crippen LogP contribution is 2.35. The Morgan fingerprint density at radius 2 is 2.28 bits per heavy atom. The zero-order valence-corrected chi connectivity index (χ0v) is 11.1. The summed E-state index contributed by atoms with van der Waals surface area (Å²) in [5.74, 6) is 2.77. The number of fused-ring (bicyclic) bond motifs is 1. The fourth-order valence-electron chi connectivity index (χ4n) is 2.61. The molecule has 0 aliphatic carbocycles. The van der Waals surface area contributed by atoms with E-state index in [4.69, 9.17) is 11.4 Å². The second-order valence-electron chi connectivity index (χ2n) is 4.71. The zero-order valence-electron chi connectivity index (χ0n) is 10.3. The number of benzene rings is 1. The molecular formula is C15H16N2S. The molecule has 92 valence electrons. The van der Waals surface area contributed by atoms with E-state index in [0.29, 0.717) is 6.04 Å². The summed E-state index contributed by atoms with van der Waals surface area (Å²) in [4.78, 5) is 7.17. The quantitative estimate of drug-likeness (QED) is 0.765. The van der Waals surface area contributed by atoms with Crippen molar-refractivity contribution < 1.29 is 0 Å². The first-order valence-electron chi connectivity index (χ1n) is 6.41. The van der Waals surface area contributed by atoms with Crippen LogP contribution >= 0.6 is 11.3 Å². The fraction of sp³-hybridized carbons (Fsp3) is 0.400. The summed E-state index contributed by atoms with van der Waals surface area (Å²) in [6.07, 6.45) is 9.18. The predicted octanol–water partition coefficient (Wildman–Crippen LogP) is 3.46. The van der Waals surface area contributed by atoms with E-state index in [1.807, 2.05) is 17.4 Å². The minimum atomic E-state index is 0.423. The van der Waals surface area contributed by atoms with Crippen LogP contribution < -0.4 is 0 Å². The summed E-state index contributed by atoms with van der Waals surface area (Å²) in [6, 6.07) is 8.78. The van der Waals surface area contributed by atoms with Crippen LogP contribution in [0.2, 0.25) is 0 Å². The molecule has 2 aromatic rings. The van der Waals surface area contributed by atoms with E-state index in [9.17, 15) is 0 Å². The summed E-state index contributed by atoms with van der Waals surface area (Å²) in [5, 5.41) is 1.23. The van der Waals surface area contributed by atoms with E-state index in [1.165, 1.54) is 29.0 Å². The van der Waals surface area contributed by atoms with Crippen molar-refractivity contribution in [3.63, 3.8) is 0 Å². The van der Waals surface area contributed by atoms with Crippen LogP contribution in [-0.4, -0.2) is 23.0 Å². The van der Waals surface area contributed by atoms with Gasteiger partial charge in [-0.05, 0) is 31.5 Å². The molecule has 1 saturated heterocycles. The molecular weight excluding hydrogens is 240 g/mol. The van der Waals surface area contributed by atoms with Crippen LogP contribution in [0.3, 0.4) is 0 Å². The Morgan fingerprint density at radius 3 is 3.11 bits per heavy atom. The Kier molecular flexibility index (Phi) is 3.31. The smallest absolute Gasteiger partial charge is 0.111 e. The van der Waals surface area contributed by atoms with Crippen LogP contribution in [0.15, 0.2) is 24.3 Å². The van der Waals surface area contributed by atoms with Crippen LogP contribution in [0.4, 0.5) is 0 Å². The Morgan fingerprint density at radius 1 is 1.39 bits per heavy atom. The highest BCUT2D eigenvalue weighted by atomic mass is 32.1. The molecule has 1 aliphatic heterocycles. The van der Waals surface area contributed by atoms with Gasteiger partial charge in [-0.25, -0.2) is 4.98 Å². The molecule has 0 N–H and O–H groups in total. The first-order valence-corrected chi connectivity index (χ1v) is 7.23. The highest BCUT2D eigenvalue weighted by molar-refractivity contribution is 7.18. The number of thiazole rings is 1. The van der Waals surface area contributed by atoms with Gasteiger partial charge in [-0.2, -0.15) is 0 Å². The third-order valence-electron chi connectivity index (χ3n) is 3.50. The number of hydrogen-bond acceptors (Lipinski definition) is 3. The van der Waals surface area contributed by atoms with Crippen molar-refractivity contribution >= 4 is 21.6 Å². The van der Waals surface area contributed by atoms with Crippen LogP contribution in [0.25, 0.3) is 10.2 Å². The Balaban J connectivity index is 1.94. The van der Waals surface area contributed by atoms with Crippen molar-refractivity contribution in [1.29, 1.82) is 0 Å². The Bertz CT molecular complexity index is 548. The van der Waals surface area contributed by atoms with Crippen molar-refractivity contribution in [3.8, 4) is 12.3 Å². The fourth-order valence-corrected chi connectivity index (χ4v) is 3.75. The number of terminal acetylenes is 1. The zero-order chi connectivity index (χ0) is 12.4. The molecule has 3 heteroatoms. The lowest BCUT2D eigenvalue weighted by molar-refractivity contribution is 0.169. The van der Waals surface area contributed by atoms with Crippen LogP contribution in [-0.2, 0) is 0 Å². The Hall–Kier alpha value is -1.37. The maximum Gasteiger partial charge on any atom is 0.111 e. The average Bonchev–Trinajstić information content (AvgIpc) is 2.83. The summed E-state index contributed by atoms with van der Waals surface area (Å²) < 4.78 is 1.28. The number of nitrogens with zero attached hydrogens (tertiary/aromatic N) is 2. The van der Waals surface area contributed by atoms with Crippen molar-refractivity contribution in [2.45, 2.75) is 25.3 Å². The van der Waals surface area contributed by atoms with E-state index in [0.717, 1.165) is 18.6 Å². The number of rotatable bonds is 2. The molecule has 1 aromatic carbocycles. The van der Waals surface area contributed by atoms with Gasteiger partial charge in [0, 0.05) is 0 Å². The number of likely N-dealkylation sites (tertiary alicyclic amines) is 1. The van der Waals surface area contributed by atoms with Crippen LogP contribution in [0.5, 0.6) is 0 Å². The number of piperidine rings is 1. The molecule has 3 rings (SSSR count). The monoisotopic (exact) mass is 256 g/mol. The molecule has 1 fully saturated rings. The van der Waals surface area contributed by atoms with Gasteiger partial charge < -0.3 is 0 Å². The lowest BCUT2D eigenvalue weighted by Gasteiger charge is -2.32. The maximum absolute atomic E-state index is 5.47. The van der Waals surface area contributed by atoms with Gasteiger partial charge in [0.1, 0.15) is 5.01 Å². The maximum atomic E-state index is 5.47. The molecule has 0 spiro atoms. The van der Waals surface area contributed by atoms with Crippen LogP contribution in [0.1, 0.15) is 30.3 Å². The molecule has 0 saturated carbocycles. The van der Waals surface area contributed by atoms with Crippen LogP contribution in [0, 0.1) is 12.3 Å². The molecule has 2 nitrogen and oxygen atoms in total.